The number of H-pyrrole nitrogens is 1. The number of hydrogen-bond donors (Lipinski definition) is 1. The second kappa shape index (κ2) is 5.60. The Kier molecular flexibility index (Phi) is 4.00. The number of hydrogen-bond acceptors (Lipinski definition) is 1. The zero-order valence-electron chi connectivity index (χ0n) is 11.5. The second-order valence-electron chi connectivity index (χ2n) is 5.96. The van der Waals surface area contributed by atoms with Crippen molar-refractivity contribution in [2.75, 3.05) is 0 Å². The van der Waals surface area contributed by atoms with Crippen molar-refractivity contribution in [3.63, 3.8) is 0 Å². The summed E-state index contributed by atoms with van der Waals surface area (Å²) in [6.07, 6.45) is 5.12. The van der Waals surface area contributed by atoms with Crippen molar-refractivity contribution in [3.8, 4) is 0 Å². The van der Waals surface area contributed by atoms with Crippen LogP contribution >= 0.6 is 28.1 Å². The Morgan fingerprint density at radius 3 is 3.00 bits per heavy atom. The van der Waals surface area contributed by atoms with Crippen LogP contribution in [0.15, 0.2) is 16.6 Å². The summed E-state index contributed by atoms with van der Waals surface area (Å²) in [4.78, 5) is 3.18. The fraction of sp³-hybridized carbons (Fsp3) is 0.533. The number of rotatable bonds is 2. The molecule has 0 aliphatic heterocycles. The predicted octanol–water partition coefficient (Wildman–Crippen LogP) is 5.43. The zero-order chi connectivity index (χ0) is 14.3. The standard InChI is InChI=1S/C15H18BrFN2S/c1-9-3-2-4-10(5-9)8-19-14-7-12(17)11(16)6-13(14)18-15(19)20/h6-7,9-10H,2-5,8H2,1H3,(H,18,20). The van der Waals surface area contributed by atoms with E-state index in [0.717, 1.165) is 23.5 Å². The van der Waals surface area contributed by atoms with Crippen molar-refractivity contribution < 1.29 is 4.39 Å². The van der Waals surface area contributed by atoms with Crippen LogP contribution in [0.1, 0.15) is 32.6 Å². The smallest absolute Gasteiger partial charge is 0.178 e. The van der Waals surface area contributed by atoms with Crippen LogP contribution < -0.4 is 0 Å². The molecule has 1 fully saturated rings. The average Bonchev–Trinajstić information content (AvgIpc) is 2.67. The fourth-order valence-corrected chi connectivity index (χ4v) is 3.94. The van der Waals surface area contributed by atoms with Gasteiger partial charge in [0.1, 0.15) is 5.82 Å². The van der Waals surface area contributed by atoms with E-state index in [1.165, 1.54) is 25.7 Å². The van der Waals surface area contributed by atoms with Gasteiger partial charge in [-0.15, -0.1) is 0 Å². The lowest BCUT2D eigenvalue weighted by Gasteiger charge is -2.27. The number of fused-ring (bicyclic) bond motifs is 1. The summed E-state index contributed by atoms with van der Waals surface area (Å²) >= 11 is 8.63. The van der Waals surface area contributed by atoms with E-state index in [1.54, 1.807) is 12.1 Å². The van der Waals surface area contributed by atoms with Gasteiger partial charge in [-0.05, 0) is 58.9 Å². The maximum absolute atomic E-state index is 13.8. The molecule has 0 radical (unpaired) electrons. The number of nitrogens with one attached hydrogen (secondary N) is 1. The molecule has 1 aromatic carbocycles. The van der Waals surface area contributed by atoms with E-state index < -0.39 is 0 Å². The highest BCUT2D eigenvalue weighted by atomic mass is 79.9. The van der Waals surface area contributed by atoms with Crippen molar-refractivity contribution in [1.82, 2.24) is 9.55 Å². The second-order valence-corrected chi connectivity index (χ2v) is 7.20. The number of aromatic amines is 1. The summed E-state index contributed by atoms with van der Waals surface area (Å²) in [5, 5.41) is 0. The maximum Gasteiger partial charge on any atom is 0.178 e. The molecule has 1 N–H and O–H groups in total. The first-order valence-electron chi connectivity index (χ1n) is 7.12. The van der Waals surface area contributed by atoms with Crippen LogP contribution in [0.25, 0.3) is 11.0 Å². The van der Waals surface area contributed by atoms with E-state index in [4.69, 9.17) is 12.2 Å². The van der Waals surface area contributed by atoms with Crippen molar-refractivity contribution in [2.45, 2.75) is 39.2 Å². The lowest BCUT2D eigenvalue weighted by atomic mass is 9.82. The molecule has 0 saturated heterocycles. The minimum absolute atomic E-state index is 0.239. The summed E-state index contributed by atoms with van der Waals surface area (Å²) in [5.74, 6) is 1.20. The van der Waals surface area contributed by atoms with Crippen molar-refractivity contribution in [2.24, 2.45) is 11.8 Å². The Hall–Kier alpha value is -0.680. The number of benzene rings is 1. The van der Waals surface area contributed by atoms with Crippen molar-refractivity contribution in [1.29, 1.82) is 0 Å². The molecule has 2 atom stereocenters. The minimum atomic E-state index is -0.239. The van der Waals surface area contributed by atoms with Crippen LogP contribution in [0.2, 0.25) is 0 Å². The molecule has 108 valence electrons. The minimum Gasteiger partial charge on any atom is -0.331 e. The Labute approximate surface area is 131 Å². The molecule has 5 heteroatoms. The van der Waals surface area contributed by atoms with E-state index in [2.05, 4.69) is 32.4 Å². The van der Waals surface area contributed by atoms with Gasteiger partial charge in [-0.3, -0.25) is 0 Å². The molecule has 3 rings (SSSR count). The molecule has 1 heterocycles. The maximum atomic E-state index is 13.8. The van der Waals surface area contributed by atoms with Gasteiger partial charge in [0.25, 0.3) is 0 Å². The SMILES string of the molecule is CC1CCCC(Cn2c(=S)[nH]c3cc(Br)c(F)cc32)C1. The monoisotopic (exact) mass is 356 g/mol. The number of aromatic nitrogens is 2. The van der Waals surface area contributed by atoms with Gasteiger partial charge in [0.15, 0.2) is 4.77 Å². The van der Waals surface area contributed by atoms with Gasteiger partial charge in [-0.1, -0.05) is 19.8 Å². The third-order valence-corrected chi connectivity index (χ3v) is 5.23. The molecule has 1 aromatic heterocycles. The Morgan fingerprint density at radius 1 is 1.45 bits per heavy atom. The summed E-state index contributed by atoms with van der Waals surface area (Å²) in [6.45, 7) is 3.21. The van der Waals surface area contributed by atoms with Gasteiger partial charge >= 0.3 is 0 Å². The molecule has 1 saturated carbocycles. The first-order valence-corrected chi connectivity index (χ1v) is 8.32. The van der Waals surface area contributed by atoms with E-state index >= 15 is 0 Å². The molecule has 2 unspecified atom stereocenters. The molecule has 2 aromatic rings. The topological polar surface area (TPSA) is 20.7 Å². The third-order valence-electron chi connectivity index (χ3n) is 4.30. The number of nitrogens with zero attached hydrogens (tertiary/aromatic N) is 1. The molecule has 0 spiro atoms. The summed E-state index contributed by atoms with van der Waals surface area (Å²) < 4.78 is 17.0. The van der Waals surface area contributed by atoms with Crippen LogP contribution in [0.3, 0.4) is 0 Å². The highest BCUT2D eigenvalue weighted by Crippen LogP contribution is 2.31. The van der Waals surface area contributed by atoms with Gasteiger partial charge in [0.05, 0.1) is 15.5 Å². The number of halogens is 2. The van der Waals surface area contributed by atoms with Crippen LogP contribution in [-0.4, -0.2) is 9.55 Å². The Balaban J connectivity index is 1.96. The molecule has 1 aliphatic rings. The molecule has 1 aliphatic carbocycles. The van der Waals surface area contributed by atoms with Gasteiger partial charge < -0.3 is 9.55 Å². The van der Waals surface area contributed by atoms with Crippen LogP contribution in [0, 0.1) is 22.4 Å². The molecule has 20 heavy (non-hydrogen) atoms. The third kappa shape index (κ3) is 2.70. The van der Waals surface area contributed by atoms with Crippen LogP contribution in [0.5, 0.6) is 0 Å². The van der Waals surface area contributed by atoms with E-state index in [-0.39, 0.29) is 5.82 Å². The zero-order valence-corrected chi connectivity index (χ0v) is 13.9. The largest absolute Gasteiger partial charge is 0.331 e. The Bertz CT molecular complexity index is 691. The lowest BCUT2D eigenvalue weighted by molar-refractivity contribution is 0.258. The van der Waals surface area contributed by atoms with Crippen molar-refractivity contribution >= 4 is 39.2 Å². The van der Waals surface area contributed by atoms with E-state index in [1.807, 2.05) is 0 Å². The molecule has 0 amide bonds. The van der Waals surface area contributed by atoms with Gasteiger partial charge in [0.2, 0.25) is 0 Å². The number of imidazole rings is 1. The molecular formula is C15H18BrFN2S. The summed E-state index contributed by atoms with van der Waals surface area (Å²) in [7, 11) is 0. The summed E-state index contributed by atoms with van der Waals surface area (Å²) in [6, 6.07) is 3.33. The lowest BCUT2D eigenvalue weighted by Crippen LogP contribution is -2.18. The average molecular weight is 357 g/mol. The Morgan fingerprint density at radius 2 is 2.25 bits per heavy atom. The van der Waals surface area contributed by atoms with E-state index in [9.17, 15) is 4.39 Å². The molecule has 0 bridgehead atoms. The highest BCUT2D eigenvalue weighted by Gasteiger charge is 2.20. The first kappa shape index (κ1) is 14.3. The van der Waals surface area contributed by atoms with Gasteiger partial charge in [-0.25, -0.2) is 4.39 Å². The highest BCUT2D eigenvalue weighted by molar-refractivity contribution is 9.10. The van der Waals surface area contributed by atoms with E-state index in [0.29, 0.717) is 15.2 Å². The van der Waals surface area contributed by atoms with Crippen molar-refractivity contribution in [3.05, 3.63) is 27.2 Å². The predicted molar refractivity (Wildman–Crippen MR) is 85.9 cm³/mol. The molecular weight excluding hydrogens is 339 g/mol. The van der Waals surface area contributed by atoms with Gasteiger partial charge in [-0.2, -0.15) is 0 Å². The van der Waals surface area contributed by atoms with Crippen LogP contribution in [0.4, 0.5) is 4.39 Å². The first-order chi connectivity index (χ1) is 9.54. The van der Waals surface area contributed by atoms with Crippen LogP contribution in [-0.2, 0) is 6.54 Å². The fourth-order valence-electron chi connectivity index (χ4n) is 3.32. The quantitative estimate of drug-likeness (QED) is 0.711. The molecule has 2 nitrogen and oxygen atoms in total. The summed E-state index contributed by atoms with van der Waals surface area (Å²) in [5.41, 5.74) is 1.76. The normalized spacial score (nSPS) is 23.4. The van der Waals surface area contributed by atoms with Gasteiger partial charge in [0, 0.05) is 12.6 Å².